The van der Waals surface area contributed by atoms with Gasteiger partial charge in [-0.1, -0.05) is 97.4 Å². The molecule has 10 atom stereocenters. The quantitative estimate of drug-likeness (QED) is 0.0643. The third-order valence-electron chi connectivity index (χ3n) is 12.5. The molecule has 0 bridgehead atoms. The molecule has 1 fully saturated rings. The molecule has 0 aromatic carbocycles. The predicted molar refractivity (Wildman–Crippen MR) is 243 cm³/mol. The van der Waals surface area contributed by atoms with Crippen molar-refractivity contribution in [2.45, 2.75) is 142 Å². The SMILES string of the molecule is C=CC(=CC=C[NH3+])CNC(=O)C(CC1=CC=CCC1)NC(O)C(C)C(OC)C1CCCN1C(=O)CC(OC)C(C(C)CC)N(C)C(=O)C(NC(=O)C(C(C)C)N(C)C)C(C)C. The molecule has 1 saturated heterocycles. The van der Waals surface area contributed by atoms with Gasteiger partial charge in [0.25, 0.3) is 0 Å². The number of amides is 4. The lowest BCUT2D eigenvalue weighted by Gasteiger charge is -2.41. The molecule has 0 aromatic heterocycles. The van der Waals surface area contributed by atoms with Crippen LogP contribution < -0.4 is 21.7 Å². The number of ether oxygens (including phenoxy) is 2. The van der Waals surface area contributed by atoms with Crippen molar-refractivity contribution in [3.05, 3.63) is 60.4 Å². The number of aliphatic hydroxyl groups is 1. The van der Waals surface area contributed by atoms with E-state index >= 15 is 0 Å². The Morgan fingerprint density at radius 2 is 1.74 bits per heavy atom. The number of hydrogen-bond acceptors (Lipinski definition) is 9. The van der Waals surface area contributed by atoms with E-state index in [9.17, 15) is 24.3 Å². The minimum absolute atomic E-state index is 0.0253. The maximum atomic E-state index is 14.4. The molecule has 0 saturated carbocycles. The van der Waals surface area contributed by atoms with Gasteiger partial charge in [-0.05, 0) is 75.6 Å². The van der Waals surface area contributed by atoms with Gasteiger partial charge in [-0.15, -0.1) is 0 Å². The van der Waals surface area contributed by atoms with Gasteiger partial charge in [-0.3, -0.25) is 29.4 Å². The van der Waals surface area contributed by atoms with Crippen molar-refractivity contribution < 1.29 is 39.5 Å². The third kappa shape index (κ3) is 15.6. The fourth-order valence-corrected chi connectivity index (χ4v) is 8.84. The number of hydrogen-bond donors (Lipinski definition) is 5. The van der Waals surface area contributed by atoms with Crippen LogP contribution in [0.2, 0.25) is 0 Å². The first-order valence-corrected chi connectivity index (χ1v) is 22.3. The Hall–Kier alpha value is -3.66. The van der Waals surface area contributed by atoms with Crippen molar-refractivity contribution in [3.63, 3.8) is 0 Å². The lowest BCUT2D eigenvalue weighted by Crippen LogP contribution is -2.59. The summed E-state index contributed by atoms with van der Waals surface area (Å²) in [6.07, 6.45) is 15.1. The van der Waals surface area contributed by atoms with Crippen molar-refractivity contribution >= 4 is 23.6 Å². The molecule has 4 amide bonds. The molecule has 2 rings (SSSR count). The second-order valence-corrected chi connectivity index (χ2v) is 17.8. The summed E-state index contributed by atoms with van der Waals surface area (Å²) in [6, 6.07) is -2.69. The lowest BCUT2D eigenvalue weighted by atomic mass is 9.89. The number of carbonyl (C=O) groups is 4. The van der Waals surface area contributed by atoms with Crippen molar-refractivity contribution in [1.29, 1.82) is 0 Å². The summed E-state index contributed by atoms with van der Waals surface area (Å²) in [5.74, 6) is -1.50. The first kappa shape index (κ1) is 53.5. The van der Waals surface area contributed by atoms with Crippen molar-refractivity contribution in [3.8, 4) is 0 Å². The predicted octanol–water partition coefficient (Wildman–Crippen LogP) is 3.56. The molecule has 0 spiro atoms. The molecule has 61 heavy (non-hydrogen) atoms. The number of nitrogens with one attached hydrogen (secondary N) is 3. The van der Waals surface area contributed by atoms with E-state index in [0.717, 1.165) is 36.8 Å². The zero-order chi connectivity index (χ0) is 46.0. The van der Waals surface area contributed by atoms with Crippen LogP contribution in [0, 0.1) is 23.7 Å². The Balaban J connectivity index is 2.31. The summed E-state index contributed by atoms with van der Waals surface area (Å²) < 4.78 is 12.2. The number of likely N-dealkylation sites (N-methyl/N-ethyl adjacent to an activating group) is 2. The average Bonchev–Trinajstić information content (AvgIpc) is 3.71. The molecular formula is C47H82N7O7+. The summed E-state index contributed by atoms with van der Waals surface area (Å²) >= 11 is 0. The van der Waals surface area contributed by atoms with Crippen LogP contribution in [0.4, 0.5) is 0 Å². The van der Waals surface area contributed by atoms with Crippen molar-refractivity contribution in [1.82, 2.24) is 30.7 Å². The molecule has 1 heterocycles. The molecule has 346 valence electrons. The number of quaternary nitrogens is 1. The minimum atomic E-state index is -1.13. The van der Waals surface area contributed by atoms with Crippen LogP contribution >= 0.6 is 0 Å². The summed E-state index contributed by atoms with van der Waals surface area (Å²) in [5, 5.41) is 21.0. The largest absolute Gasteiger partial charge is 0.379 e. The fraction of sp³-hybridized carbons (Fsp3) is 0.702. The van der Waals surface area contributed by atoms with Gasteiger partial charge >= 0.3 is 0 Å². The molecule has 10 unspecified atom stereocenters. The number of likely N-dealkylation sites (tertiary alicyclic amines) is 1. The first-order chi connectivity index (χ1) is 28.9. The second-order valence-electron chi connectivity index (χ2n) is 17.8. The summed E-state index contributed by atoms with van der Waals surface area (Å²) in [7, 11) is 8.62. The van der Waals surface area contributed by atoms with E-state index in [4.69, 9.17) is 9.47 Å². The van der Waals surface area contributed by atoms with E-state index in [1.165, 1.54) is 0 Å². The maximum absolute atomic E-state index is 14.4. The second kappa shape index (κ2) is 26.7. The average molecular weight is 857 g/mol. The maximum Gasteiger partial charge on any atom is 0.245 e. The van der Waals surface area contributed by atoms with Crippen LogP contribution in [0.1, 0.15) is 93.4 Å². The molecule has 0 radical (unpaired) electrons. The Bertz CT molecular complexity index is 1530. The number of rotatable bonds is 26. The van der Waals surface area contributed by atoms with E-state index < -0.39 is 48.5 Å². The highest BCUT2D eigenvalue weighted by atomic mass is 16.5. The van der Waals surface area contributed by atoms with Crippen LogP contribution in [0.25, 0.3) is 0 Å². The van der Waals surface area contributed by atoms with Gasteiger partial charge in [0, 0.05) is 40.3 Å². The van der Waals surface area contributed by atoms with Crippen LogP contribution in [0.3, 0.4) is 0 Å². The van der Waals surface area contributed by atoms with Gasteiger partial charge in [-0.2, -0.15) is 0 Å². The fourth-order valence-electron chi connectivity index (χ4n) is 8.84. The van der Waals surface area contributed by atoms with Gasteiger partial charge in [0.15, 0.2) is 0 Å². The van der Waals surface area contributed by atoms with Gasteiger partial charge in [0.2, 0.25) is 23.6 Å². The first-order valence-electron chi connectivity index (χ1n) is 22.3. The van der Waals surface area contributed by atoms with Crippen LogP contribution in [0.15, 0.2) is 60.4 Å². The zero-order valence-electron chi connectivity index (χ0n) is 39.5. The number of nitrogens with zero attached hydrogens (tertiary/aromatic N) is 3. The van der Waals surface area contributed by atoms with E-state index in [1.54, 1.807) is 44.5 Å². The van der Waals surface area contributed by atoms with E-state index in [0.29, 0.717) is 19.4 Å². The van der Waals surface area contributed by atoms with E-state index in [1.807, 2.05) is 83.7 Å². The van der Waals surface area contributed by atoms with Crippen LogP contribution in [-0.2, 0) is 28.7 Å². The topological polar surface area (TPSA) is 180 Å². The monoisotopic (exact) mass is 857 g/mol. The number of allylic oxidation sites excluding steroid dienone is 5. The normalized spacial score (nSPS) is 20.5. The Morgan fingerprint density at radius 3 is 2.26 bits per heavy atom. The van der Waals surface area contributed by atoms with Gasteiger partial charge in [0.05, 0.1) is 49.0 Å². The molecule has 1 aliphatic carbocycles. The van der Waals surface area contributed by atoms with Gasteiger partial charge in [-0.25, -0.2) is 0 Å². The Morgan fingerprint density at radius 1 is 1.05 bits per heavy atom. The van der Waals surface area contributed by atoms with E-state index in [-0.39, 0.29) is 60.4 Å². The summed E-state index contributed by atoms with van der Waals surface area (Å²) in [5.41, 5.74) is 5.63. The Labute approximate surface area is 367 Å². The molecule has 7 N–H and O–H groups in total. The highest BCUT2D eigenvalue weighted by molar-refractivity contribution is 5.90. The minimum Gasteiger partial charge on any atom is -0.379 e. The van der Waals surface area contributed by atoms with E-state index in [2.05, 4.69) is 41.3 Å². The lowest BCUT2D eigenvalue weighted by molar-refractivity contribution is -0.274. The van der Waals surface area contributed by atoms with Crippen molar-refractivity contribution in [2.24, 2.45) is 23.7 Å². The number of aliphatic hydroxyl groups excluding tert-OH is 1. The van der Waals surface area contributed by atoms with Crippen LogP contribution in [0.5, 0.6) is 0 Å². The van der Waals surface area contributed by atoms with Crippen molar-refractivity contribution in [2.75, 3.05) is 48.5 Å². The molecule has 14 nitrogen and oxygen atoms in total. The number of carbonyl (C=O) groups excluding carboxylic acids is 4. The molecular weight excluding hydrogens is 775 g/mol. The summed E-state index contributed by atoms with van der Waals surface area (Å²) in [4.78, 5) is 61.3. The Kier molecular flexibility index (Phi) is 23.4. The van der Waals surface area contributed by atoms with Gasteiger partial charge < -0.3 is 40.7 Å². The standard InChI is InChI=1S/C47H81N7O7/c1-14-32(7)42(53(11)47(59)40(30(3)4)51-46(58)41(31(5)6)52(9)10)38(60-12)28-39(55)54-26-20-24-37(54)43(61-13)33(8)44(56)50-36(27-35-21-17-16-18-22-35)45(57)49-29-34(15-2)23-19-25-48/h15-17,19,21,23,25,30-33,36-38,40-44,50,56H,2,14,18,20,22,24,26-29,48H2,1,3-13H3,(H,49,57)(H,51,58)/p+1. The van der Waals surface area contributed by atoms with Crippen LogP contribution in [-0.4, -0.2) is 141 Å². The smallest absolute Gasteiger partial charge is 0.245 e. The summed E-state index contributed by atoms with van der Waals surface area (Å²) in [6.45, 7) is 18.4. The molecule has 14 heteroatoms. The molecule has 1 aliphatic heterocycles. The number of methoxy groups -OCH3 is 2. The van der Waals surface area contributed by atoms with Gasteiger partial charge in [0.1, 0.15) is 12.3 Å². The third-order valence-corrected chi connectivity index (χ3v) is 12.5. The molecule has 0 aromatic rings. The highest BCUT2D eigenvalue weighted by Gasteiger charge is 2.43. The highest BCUT2D eigenvalue weighted by Crippen LogP contribution is 2.31. The molecule has 2 aliphatic rings. The zero-order valence-corrected chi connectivity index (χ0v) is 39.5.